The van der Waals surface area contributed by atoms with Gasteiger partial charge in [0.15, 0.2) is 21.4 Å². The van der Waals surface area contributed by atoms with Crippen molar-refractivity contribution in [3.05, 3.63) is 169 Å². The lowest BCUT2D eigenvalue weighted by Gasteiger charge is -2.28. The minimum Gasteiger partial charge on any atom is -0.352 e. The van der Waals surface area contributed by atoms with Crippen LogP contribution in [0.25, 0.3) is 0 Å². The molecule has 0 atom stereocenters. The normalized spacial score (nSPS) is 15.5. The first-order valence-electron chi connectivity index (χ1n) is 20.4. The summed E-state index contributed by atoms with van der Waals surface area (Å²) in [7, 11) is -8.94. The van der Waals surface area contributed by atoms with Gasteiger partial charge in [0.2, 0.25) is 20.0 Å². The number of rotatable bonds is 13. The third-order valence-electron chi connectivity index (χ3n) is 11.1. The van der Waals surface area contributed by atoms with Gasteiger partial charge in [0.25, 0.3) is 17.3 Å². The molecule has 1 amide bonds. The van der Waals surface area contributed by atoms with Crippen molar-refractivity contribution in [3.63, 3.8) is 0 Å². The molecule has 0 fully saturated rings. The number of nitro groups is 2. The molecule has 20 heteroatoms. The number of benzene rings is 4. The predicted octanol–water partition coefficient (Wildman–Crippen LogP) is 5.36. The number of carbonyl (C=O) groups is 3. The van der Waals surface area contributed by atoms with E-state index in [-0.39, 0.29) is 97.2 Å². The van der Waals surface area contributed by atoms with Crippen LogP contribution in [0.15, 0.2) is 119 Å². The zero-order chi connectivity index (χ0) is 45.6. The van der Waals surface area contributed by atoms with Gasteiger partial charge < -0.3 is 10.2 Å². The van der Waals surface area contributed by atoms with Gasteiger partial charge in [0.05, 0.1) is 39.9 Å². The van der Waals surface area contributed by atoms with Gasteiger partial charge in [-0.1, -0.05) is 73.2 Å². The predicted molar refractivity (Wildman–Crippen MR) is 233 cm³/mol. The van der Waals surface area contributed by atoms with Crippen LogP contribution in [0.2, 0.25) is 0 Å². The molecule has 0 saturated heterocycles. The van der Waals surface area contributed by atoms with Crippen molar-refractivity contribution in [2.75, 3.05) is 39.3 Å². The number of fused-ring (bicyclic) bond motifs is 4. The summed E-state index contributed by atoms with van der Waals surface area (Å²) in [5.41, 5.74) is 0.161. The lowest BCUT2D eigenvalue weighted by Crippen LogP contribution is -2.40. The van der Waals surface area contributed by atoms with Crippen molar-refractivity contribution in [1.29, 1.82) is 0 Å². The van der Waals surface area contributed by atoms with Crippen LogP contribution in [0.1, 0.15) is 79.3 Å². The smallest absolute Gasteiger partial charge is 0.289 e. The van der Waals surface area contributed by atoms with Gasteiger partial charge in [0.1, 0.15) is 0 Å². The van der Waals surface area contributed by atoms with E-state index in [1.165, 1.54) is 48.5 Å². The number of nitrogens with one attached hydrogen (secondary N) is 1. The number of pyridine rings is 1. The molecular weight excluding hydrogens is 867 g/mol. The highest BCUT2D eigenvalue weighted by Crippen LogP contribution is 2.31. The number of carbonyl (C=O) groups excluding carboxylic acids is 3. The molecule has 4 aromatic carbocycles. The Morgan fingerprint density at radius 2 is 1.14 bits per heavy atom. The molecule has 0 saturated carbocycles. The van der Waals surface area contributed by atoms with Crippen molar-refractivity contribution >= 4 is 48.9 Å². The SMILES string of the molecule is O=C(NCCCCCN1CCCN(S(=O)(=O)c2ccccc2[N+](=O)[O-])Cc2cccc(n2)CN(S(=O)(=O)c2ccccc2[N+](=O)[O-])CC1)c1cccc2c1C(=O)c1ccccc1C2=O. The standard InChI is InChI=1S/C44H43N7O11S2/c52-42-33-15-2-3-16-34(33)43(53)41-35(42)17-11-18-36(41)44(54)45-23-8-1-9-24-47-25-12-26-48(63(59,60)39-21-6-4-19-37(39)50(55)56)29-31-13-10-14-32(46-31)30-49(28-27-47)64(61,62)40-22-7-5-20-38(40)51(57)58/h2-7,10-11,13-22H,1,8-9,12,23-30H2,(H,45,54). The van der Waals surface area contributed by atoms with Gasteiger partial charge in [-0.05, 0) is 62.7 Å². The Labute approximate surface area is 368 Å². The molecule has 0 radical (unpaired) electrons. The van der Waals surface area contributed by atoms with E-state index < -0.39 is 62.7 Å². The van der Waals surface area contributed by atoms with Crippen LogP contribution in [0.5, 0.6) is 0 Å². The van der Waals surface area contributed by atoms with Crippen molar-refractivity contribution in [2.45, 2.75) is 48.6 Å². The van der Waals surface area contributed by atoms with Gasteiger partial charge in [-0.3, -0.25) is 39.6 Å². The molecule has 0 unspecified atom stereocenters. The Morgan fingerprint density at radius 3 is 1.75 bits per heavy atom. The first-order valence-corrected chi connectivity index (χ1v) is 23.3. The summed E-state index contributed by atoms with van der Waals surface area (Å²) >= 11 is 0. The quantitative estimate of drug-likeness (QED) is 0.0873. The maximum atomic E-state index is 14.2. The largest absolute Gasteiger partial charge is 0.352 e. The van der Waals surface area contributed by atoms with Gasteiger partial charge >= 0.3 is 0 Å². The van der Waals surface area contributed by atoms with Gasteiger partial charge in [-0.2, -0.15) is 8.61 Å². The summed E-state index contributed by atoms with van der Waals surface area (Å²) in [6, 6.07) is 25.9. The minimum absolute atomic E-state index is 0.0595. The number of nitrogens with zero attached hydrogens (tertiary/aromatic N) is 6. The van der Waals surface area contributed by atoms with Crippen LogP contribution in [-0.2, 0) is 33.1 Å². The summed E-state index contributed by atoms with van der Waals surface area (Å²) in [5.74, 6) is -1.24. The molecule has 1 aliphatic heterocycles. The summed E-state index contributed by atoms with van der Waals surface area (Å²) in [6.45, 7) is 0.316. The first kappa shape index (κ1) is 45.4. The fourth-order valence-corrected chi connectivity index (χ4v) is 11.1. The van der Waals surface area contributed by atoms with Crippen LogP contribution < -0.4 is 5.32 Å². The molecule has 1 N–H and O–H groups in total. The van der Waals surface area contributed by atoms with Crippen LogP contribution >= 0.6 is 0 Å². The zero-order valence-corrected chi connectivity index (χ0v) is 36.0. The van der Waals surface area contributed by atoms with E-state index in [0.29, 0.717) is 25.8 Å². The number of hydrogen-bond acceptors (Lipinski definition) is 13. The summed E-state index contributed by atoms with van der Waals surface area (Å²) in [6.07, 6.45) is 1.92. The zero-order valence-electron chi connectivity index (χ0n) is 34.4. The number of sulfonamides is 2. The molecule has 2 bridgehead atoms. The van der Waals surface area contributed by atoms with Gasteiger partial charge in [-0.15, -0.1) is 0 Å². The topological polar surface area (TPSA) is 240 Å². The molecule has 64 heavy (non-hydrogen) atoms. The van der Waals surface area contributed by atoms with E-state index in [2.05, 4.69) is 10.3 Å². The number of aromatic nitrogens is 1. The average Bonchev–Trinajstić information content (AvgIpc) is 3.30. The number of para-hydroxylation sites is 2. The number of hydrogen-bond donors (Lipinski definition) is 1. The van der Waals surface area contributed by atoms with Gasteiger partial charge in [-0.25, -0.2) is 16.8 Å². The molecule has 7 rings (SSSR count). The molecule has 18 nitrogen and oxygen atoms in total. The lowest BCUT2D eigenvalue weighted by atomic mass is 9.81. The second kappa shape index (κ2) is 19.4. The van der Waals surface area contributed by atoms with Crippen molar-refractivity contribution in [3.8, 4) is 0 Å². The second-order valence-corrected chi connectivity index (χ2v) is 19.0. The highest BCUT2D eigenvalue weighted by molar-refractivity contribution is 7.89. The van der Waals surface area contributed by atoms with Crippen LogP contribution in [0.3, 0.4) is 0 Å². The third-order valence-corrected chi connectivity index (χ3v) is 14.9. The third kappa shape index (κ3) is 9.65. The van der Waals surface area contributed by atoms with Gasteiger partial charge in [0, 0.05) is 60.6 Å². The Bertz CT molecular complexity index is 2870. The summed E-state index contributed by atoms with van der Waals surface area (Å²) < 4.78 is 59.0. The highest BCUT2D eigenvalue weighted by Gasteiger charge is 2.35. The maximum absolute atomic E-state index is 14.2. The number of unbranched alkanes of at least 4 members (excludes halogenated alkanes) is 2. The number of amides is 1. The molecule has 332 valence electrons. The first-order chi connectivity index (χ1) is 30.7. The van der Waals surface area contributed by atoms with E-state index in [1.807, 2.05) is 4.90 Å². The monoisotopic (exact) mass is 909 g/mol. The van der Waals surface area contributed by atoms with Crippen molar-refractivity contribution < 1.29 is 41.1 Å². The van der Waals surface area contributed by atoms with E-state index in [9.17, 15) is 51.4 Å². The van der Waals surface area contributed by atoms with Crippen molar-refractivity contribution in [2.24, 2.45) is 0 Å². The van der Waals surface area contributed by atoms with Crippen LogP contribution in [0, 0.1) is 20.2 Å². The summed E-state index contributed by atoms with van der Waals surface area (Å²) in [5, 5.41) is 26.7. The summed E-state index contributed by atoms with van der Waals surface area (Å²) in [4.78, 5) is 67.9. The Morgan fingerprint density at radius 1 is 0.609 bits per heavy atom. The molecule has 5 aromatic rings. The highest BCUT2D eigenvalue weighted by atomic mass is 32.2. The number of nitro benzene ring substituents is 2. The minimum atomic E-state index is -4.49. The second-order valence-electron chi connectivity index (χ2n) is 15.2. The van der Waals surface area contributed by atoms with E-state index in [0.717, 1.165) is 20.7 Å². The molecule has 1 aromatic heterocycles. The molecule has 0 spiro atoms. The van der Waals surface area contributed by atoms with Crippen LogP contribution in [-0.4, -0.2) is 102 Å². The van der Waals surface area contributed by atoms with E-state index >= 15 is 0 Å². The lowest BCUT2D eigenvalue weighted by molar-refractivity contribution is -0.388. The fourth-order valence-electron chi connectivity index (χ4n) is 7.89. The number of ketones is 2. The van der Waals surface area contributed by atoms with Crippen molar-refractivity contribution in [1.82, 2.24) is 23.8 Å². The van der Waals surface area contributed by atoms with Crippen LogP contribution in [0.4, 0.5) is 11.4 Å². The van der Waals surface area contributed by atoms with E-state index in [4.69, 9.17) is 0 Å². The fraction of sp³-hybridized carbons (Fsp3) is 0.273. The Kier molecular flexibility index (Phi) is 13.8. The maximum Gasteiger partial charge on any atom is 0.289 e. The Balaban J connectivity index is 1.08. The molecule has 2 aliphatic rings. The average molecular weight is 910 g/mol. The Hall–Kier alpha value is -6.58. The molecule has 1 aliphatic carbocycles. The van der Waals surface area contributed by atoms with E-state index in [1.54, 1.807) is 48.5 Å². The molecular formula is C44H43N7O11S2. The molecule has 2 heterocycles.